The van der Waals surface area contributed by atoms with Crippen LogP contribution in [0.1, 0.15) is 0 Å². The van der Waals surface area contributed by atoms with E-state index in [2.05, 4.69) is 227 Å². The summed E-state index contributed by atoms with van der Waals surface area (Å²) in [4.78, 5) is 17.6. The van der Waals surface area contributed by atoms with Crippen LogP contribution in [0.4, 0.5) is 34.1 Å². The van der Waals surface area contributed by atoms with Crippen molar-refractivity contribution in [2.24, 2.45) is 0 Å². The molecule has 6 heteroatoms. The molecule has 292 valence electrons. The van der Waals surface area contributed by atoms with Crippen LogP contribution in [0.25, 0.3) is 61.0 Å². The monoisotopic (exact) mass is 811 g/mol. The predicted molar refractivity (Wildman–Crippen MR) is 258 cm³/mol. The second kappa shape index (κ2) is 15.0. The zero-order valence-electron chi connectivity index (χ0n) is 33.5. The van der Waals surface area contributed by atoms with Crippen LogP contribution in [0.5, 0.6) is 0 Å². The molecule has 0 N–H and O–H groups in total. The highest BCUT2D eigenvalue weighted by molar-refractivity contribution is 7.99. The van der Waals surface area contributed by atoms with Gasteiger partial charge in [0.05, 0.1) is 33.6 Å². The van der Waals surface area contributed by atoms with Gasteiger partial charge < -0.3 is 9.80 Å². The first-order valence-corrected chi connectivity index (χ1v) is 21.6. The van der Waals surface area contributed by atoms with E-state index in [0.29, 0.717) is 5.95 Å². The minimum absolute atomic E-state index is 0.659. The van der Waals surface area contributed by atoms with E-state index in [9.17, 15) is 0 Å². The first kappa shape index (κ1) is 36.0. The van der Waals surface area contributed by atoms with Crippen molar-refractivity contribution in [3.05, 3.63) is 224 Å². The SMILES string of the molecule is c1ccc(-c2nc(-n3c4ccccc4c4cc(-c5ccc6c(c5)Sc5ccccc5N6c5ccc(N(c6ccccc6)c6ccccc6)cc5)ccc43)nc3ccccc23)cc1. The van der Waals surface area contributed by atoms with E-state index in [-0.39, 0.29) is 0 Å². The lowest BCUT2D eigenvalue weighted by atomic mass is 10.0. The standard InChI is InChI=1S/C56H37N5S/c1-4-16-38(17-5-1)55-46-23-10-12-24-48(46)57-56(58-55)61-49-25-13-11-22-45(49)47-36-39(28-34-50(47)61)40-29-35-52-54(37-40)62-53-27-15-14-26-51(53)60(52)44-32-30-43(31-33-44)59(41-18-6-2-7-19-41)42-20-8-3-9-21-42/h1-37H. The summed E-state index contributed by atoms with van der Waals surface area (Å²) in [6.07, 6.45) is 0. The van der Waals surface area contributed by atoms with Gasteiger partial charge in [-0.2, -0.15) is 0 Å². The summed E-state index contributed by atoms with van der Waals surface area (Å²) in [7, 11) is 0. The summed E-state index contributed by atoms with van der Waals surface area (Å²) >= 11 is 1.83. The van der Waals surface area contributed by atoms with Crippen LogP contribution in [0.2, 0.25) is 0 Å². The second-order valence-electron chi connectivity index (χ2n) is 15.5. The molecule has 0 saturated carbocycles. The Hall–Kier alpha value is -7.93. The molecule has 2 aromatic heterocycles. The molecule has 62 heavy (non-hydrogen) atoms. The van der Waals surface area contributed by atoms with Gasteiger partial charge in [0, 0.05) is 54.3 Å². The lowest BCUT2D eigenvalue weighted by Gasteiger charge is -2.33. The van der Waals surface area contributed by atoms with Crippen molar-refractivity contribution in [1.82, 2.24) is 14.5 Å². The molecule has 1 aliphatic rings. The number of benzene rings is 9. The molecule has 0 radical (unpaired) electrons. The summed E-state index contributed by atoms with van der Waals surface area (Å²) in [5.41, 5.74) is 14.1. The molecule has 12 rings (SSSR count). The normalized spacial score (nSPS) is 12.1. The van der Waals surface area contributed by atoms with E-state index >= 15 is 0 Å². The number of hydrogen-bond donors (Lipinski definition) is 0. The number of aromatic nitrogens is 3. The molecular formula is C56H37N5S. The molecule has 9 aromatic carbocycles. The topological polar surface area (TPSA) is 37.2 Å². The van der Waals surface area contributed by atoms with Crippen molar-refractivity contribution in [2.75, 3.05) is 9.80 Å². The highest BCUT2D eigenvalue weighted by Crippen LogP contribution is 2.52. The Bertz CT molecular complexity index is 3400. The molecule has 0 atom stereocenters. The molecule has 1 aliphatic heterocycles. The van der Waals surface area contributed by atoms with E-state index < -0.39 is 0 Å². The Morgan fingerprint density at radius 2 is 0.968 bits per heavy atom. The third kappa shape index (κ3) is 6.11. The van der Waals surface area contributed by atoms with E-state index in [4.69, 9.17) is 9.97 Å². The van der Waals surface area contributed by atoms with Gasteiger partial charge in [-0.05, 0) is 108 Å². The maximum Gasteiger partial charge on any atom is 0.235 e. The summed E-state index contributed by atoms with van der Waals surface area (Å²) < 4.78 is 2.22. The van der Waals surface area contributed by atoms with Crippen molar-refractivity contribution in [1.29, 1.82) is 0 Å². The molecule has 0 unspecified atom stereocenters. The first-order chi connectivity index (χ1) is 30.7. The molecule has 0 amide bonds. The summed E-state index contributed by atoms with van der Waals surface area (Å²) in [6, 6.07) is 79.7. The van der Waals surface area contributed by atoms with Gasteiger partial charge in [-0.15, -0.1) is 0 Å². The zero-order valence-corrected chi connectivity index (χ0v) is 34.3. The molecular weight excluding hydrogens is 775 g/mol. The van der Waals surface area contributed by atoms with Gasteiger partial charge in [0.25, 0.3) is 0 Å². The molecule has 0 saturated heterocycles. The lowest BCUT2D eigenvalue weighted by molar-refractivity contribution is 1.01. The predicted octanol–water partition coefficient (Wildman–Crippen LogP) is 15.5. The summed E-state index contributed by atoms with van der Waals surface area (Å²) in [6.45, 7) is 0. The third-order valence-electron chi connectivity index (χ3n) is 11.8. The third-order valence-corrected chi connectivity index (χ3v) is 12.9. The Morgan fingerprint density at radius 1 is 0.387 bits per heavy atom. The van der Waals surface area contributed by atoms with Crippen LogP contribution in [0.3, 0.4) is 0 Å². The van der Waals surface area contributed by atoms with Gasteiger partial charge >= 0.3 is 0 Å². The quantitative estimate of drug-likeness (QED) is 0.160. The van der Waals surface area contributed by atoms with Crippen molar-refractivity contribution in [3.63, 3.8) is 0 Å². The largest absolute Gasteiger partial charge is 0.311 e. The fraction of sp³-hybridized carbons (Fsp3) is 0. The van der Waals surface area contributed by atoms with Gasteiger partial charge in [-0.1, -0.05) is 139 Å². The number of hydrogen-bond acceptors (Lipinski definition) is 5. The summed E-state index contributed by atoms with van der Waals surface area (Å²) in [5, 5.41) is 3.36. The van der Waals surface area contributed by atoms with Crippen molar-refractivity contribution >= 4 is 78.6 Å². The number of nitrogens with zero attached hydrogens (tertiary/aromatic N) is 5. The highest BCUT2D eigenvalue weighted by atomic mass is 32.2. The second-order valence-corrected chi connectivity index (χ2v) is 16.5. The Balaban J connectivity index is 0.944. The van der Waals surface area contributed by atoms with Crippen molar-refractivity contribution in [2.45, 2.75) is 9.79 Å². The van der Waals surface area contributed by atoms with Gasteiger partial charge in [0.2, 0.25) is 5.95 Å². The van der Waals surface area contributed by atoms with Crippen LogP contribution in [0, 0.1) is 0 Å². The fourth-order valence-corrected chi connectivity index (χ4v) is 10.0. The van der Waals surface area contributed by atoms with Crippen LogP contribution in [0.15, 0.2) is 234 Å². The highest BCUT2D eigenvalue weighted by Gasteiger charge is 2.26. The van der Waals surface area contributed by atoms with Gasteiger partial charge in [0.1, 0.15) is 0 Å². The number of rotatable bonds is 7. The average Bonchev–Trinajstić information content (AvgIpc) is 3.68. The van der Waals surface area contributed by atoms with Gasteiger partial charge in [0.15, 0.2) is 0 Å². The van der Waals surface area contributed by atoms with E-state index in [0.717, 1.165) is 78.0 Å². The van der Waals surface area contributed by atoms with Crippen LogP contribution >= 0.6 is 11.8 Å². The van der Waals surface area contributed by atoms with E-state index in [1.54, 1.807) is 0 Å². The van der Waals surface area contributed by atoms with E-state index in [1.165, 1.54) is 21.0 Å². The van der Waals surface area contributed by atoms with Crippen LogP contribution in [-0.4, -0.2) is 14.5 Å². The molecule has 5 nitrogen and oxygen atoms in total. The molecule has 0 bridgehead atoms. The molecule has 0 spiro atoms. The van der Waals surface area contributed by atoms with Crippen molar-refractivity contribution in [3.8, 4) is 28.3 Å². The first-order valence-electron chi connectivity index (χ1n) is 20.8. The lowest BCUT2D eigenvalue weighted by Crippen LogP contribution is -2.15. The Morgan fingerprint density at radius 3 is 1.74 bits per heavy atom. The minimum Gasteiger partial charge on any atom is -0.311 e. The minimum atomic E-state index is 0.659. The smallest absolute Gasteiger partial charge is 0.235 e. The average molecular weight is 812 g/mol. The van der Waals surface area contributed by atoms with Gasteiger partial charge in [-0.3, -0.25) is 4.57 Å². The number of fused-ring (bicyclic) bond motifs is 6. The van der Waals surface area contributed by atoms with Crippen molar-refractivity contribution < 1.29 is 0 Å². The number of anilines is 6. The Labute approximate surface area is 363 Å². The van der Waals surface area contributed by atoms with Crippen LogP contribution in [-0.2, 0) is 0 Å². The van der Waals surface area contributed by atoms with E-state index in [1.807, 2.05) is 23.9 Å². The number of para-hydroxylation sites is 5. The molecule has 11 aromatic rings. The fourth-order valence-electron chi connectivity index (χ4n) is 8.92. The summed E-state index contributed by atoms with van der Waals surface area (Å²) in [5.74, 6) is 0.659. The molecule has 3 heterocycles. The maximum absolute atomic E-state index is 5.28. The van der Waals surface area contributed by atoms with Crippen LogP contribution < -0.4 is 9.80 Å². The van der Waals surface area contributed by atoms with Gasteiger partial charge in [-0.25, -0.2) is 9.97 Å². The molecule has 0 fully saturated rings. The molecule has 0 aliphatic carbocycles. The Kier molecular flexibility index (Phi) is 8.68. The zero-order chi connectivity index (χ0) is 41.0. The maximum atomic E-state index is 5.28.